The van der Waals surface area contributed by atoms with E-state index in [1.807, 2.05) is 38.1 Å². The van der Waals surface area contributed by atoms with Gasteiger partial charge in [-0.3, -0.25) is 4.79 Å². The van der Waals surface area contributed by atoms with Gasteiger partial charge in [-0.1, -0.05) is 29.8 Å². The molecule has 0 heterocycles. The number of carboxylic acid groups (broad SMARTS) is 1. The topological polar surface area (TPSA) is 49.3 Å². The van der Waals surface area contributed by atoms with Crippen LogP contribution in [-0.4, -0.2) is 17.6 Å². The van der Waals surface area contributed by atoms with Crippen molar-refractivity contribution < 1.29 is 9.90 Å². The third-order valence-corrected chi connectivity index (χ3v) is 3.02. The number of carboxylic acids is 1. The first-order chi connectivity index (χ1) is 7.50. The number of hydrogen-bond acceptors (Lipinski definition) is 2. The summed E-state index contributed by atoms with van der Waals surface area (Å²) in [6, 6.07) is 7.69. The summed E-state index contributed by atoms with van der Waals surface area (Å²) in [7, 11) is 0. The predicted molar refractivity (Wildman–Crippen MR) is 68.6 cm³/mol. The van der Waals surface area contributed by atoms with E-state index in [0.717, 1.165) is 10.2 Å². The highest BCUT2D eigenvalue weighted by atomic mass is 79.9. The summed E-state index contributed by atoms with van der Waals surface area (Å²) in [6.45, 7) is 4.29. The molecule has 0 radical (unpaired) electrons. The Morgan fingerprint density at radius 3 is 2.38 bits per heavy atom. The molecule has 0 saturated heterocycles. The molecule has 2 N–H and O–H groups in total. The number of aliphatic carboxylic acids is 1. The lowest BCUT2D eigenvalue weighted by Crippen LogP contribution is -2.27. The Morgan fingerprint density at radius 1 is 1.38 bits per heavy atom. The van der Waals surface area contributed by atoms with Crippen LogP contribution in [0.5, 0.6) is 0 Å². The first-order valence-corrected chi connectivity index (χ1v) is 6.02. The van der Waals surface area contributed by atoms with E-state index in [9.17, 15) is 4.79 Å². The SMILES string of the molecule is CC(C)C(CNc1ccc(Br)cc1)C(=O)O. The van der Waals surface area contributed by atoms with Crippen LogP contribution in [0.3, 0.4) is 0 Å². The molecule has 4 heteroatoms. The van der Waals surface area contributed by atoms with Gasteiger partial charge in [0.25, 0.3) is 0 Å². The highest BCUT2D eigenvalue weighted by Gasteiger charge is 2.20. The Morgan fingerprint density at radius 2 is 1.94 bits per heavy atom. The molecule has 1 unspecified atom stereocenters. The van der Waals surface area contributed by atoms with Gasteiger partial charge in [0.05, 0.1) is 5.92 Å². The summed E-state index contributed by atoms with van der Waals surface area (Å²) in [6.07, 6.45) is 0. The van der Waals surface area contributed by atoms with E-state index in [2.05, 4.69) is 21.2 Å². The number of halogens is 1. The van der Waals surface area contributed by atoms with Gasteiger partial charge < -0.3 is 10.4 Å². The predicted octanol–water partition coefficient (Wildman–Crippen LogP) is 3.22. The molecular weight excluding hydrogens is 270 g/mol. The molecule has 0 saturated carbocycles. The van der Waals surface area contributed by atoms with Gasteiger partial charge >= 0.3 is 5.97 Å². The smallest absolute Gasteiger partial charge is 0.308 e. The highest BCUT2D eigenvalue weighted by Crippen LogP contribution is 2.16. The Labute approximate surface area is 104 Å². The number of nitrogens with one attached hydrogen (secondary N) is 1. The minimum Gasteiger partial charge on any atom is -0.481 e. The van der Waals surface area contributed by atoms with Crippen LogP contribution in [-0.2, 0) is 4.79 Å². The normalized spacial score (nSPS) is 12.5. The maximum atomic E-state index is 11.0. The molecule has 0 aliphatic carbocycles. The average molecular weight is 286 g/mol. The third-order valence-electron chi connectivity index (χ3n) is 2.49. The second-order valence-electron chi connectivity index (χ2n) is 4.08. The lowest BCUT2D eigenvalue weighted by Gasteiger charge is -2.17. The summed E-state index contributed by atoms with van der Waals surface area (Å²) < 4.78 is 1.01. The molecule has 0 aliphatic rings. The van der Waals surface area contributed by atoms with Crippen molar-refractivity contribution in [3.63, 3.8) is 0 Å². The van der Waals surface area contributed by atoms with Gasteiger partial charge in [-0.2, -0.15) is 0 Å². The number of benzene rings is 1. The Hall–Kier alpha value is -1.03. The van der Waals surface area contributed by atoms with Crippen LogP contribution < -0.4 is 5.32 Å². The van der Waals surface area contributed by atoms with E-state index in [1.165, 1.54) is 0 Å². The zero-order chi connectivity index (χ0) is 12.1. The second kappa shape index (κ2) is 5.89. The summed E-state index contributed by atoms with van der Waals surface area (Å²) in [5, 5.41) is 12.2. The van der Waals surface area contributed by atoms with Crippen LogP contribution in [0, 0.1) is 11.8 Å². The number of hydrogen-bond donors (Lipinski definition) is 2. The monoisotopic (exact) mass is 285 g/mol. The Bertz CT molecular complexity index is 349. The highest BCUT2D eigenvalue weighted by molar-refractivity contribution is 9.10. The van der Waals surface area contributed by atoms with E-state index in [4.69, 9.17) is 5.11 Å². The molecule has 1 rings (SSSR count). The minimum atomic E-state index is -0.750. The van der Waals surface area contributed by atoms with Crippen molar-refractivity contribution >= 4 is 27.6 Å². The molecule has 1 aromatic carbocycles. The van der Waals surface area contributed by atoms with Crippen molar-refractivity contribution in [2.45, 2.75) is 13.8 Å². The van der Waals surface area contributed by atoms with Gasteiger partial charge in [0.1, 0.15) is 0 Å². The van der Waals surface area contributed by atoms with Crippen LogP contribution in [0.4, 0.5) is 5.69 Å². The molecular formula is C12H16BrNO2. The summed E-state index contributed by atoms with van der Waals surface area (Å²) in [5.41, 5.74) is 0.940. The third kappa shape index (κ3) is 3.85. The van der Waals surface area contributed by atoms with E-state index in [1.54, 1.807) is 0 Å². The summed E-state index contributed by atoms with van der Waals surface area (Å²) in [5.74, 6) is -0.983. The van der Waals surface area contributed by atoms with Crippen LogP contribution >= 0.6 is 15.9 Å². The minimum absolute atomic E-state index is 0.125. The van der Waals surface area contributed by atoms with Gasteiger partial charge in [-0.25, -0.2) is 0 Å². The van der Waals surface area contributed by atoms with Crippen molar-refractivity contribution in [2.75, 3.05) is 11.9 Å². The van der Waals surface area contributed by atoms with Crippen molar-refractivity contribution in [1.29, 1.82) is 0 Å². The van der Waals surface area contributed by atoms with Crippen LogP contribution in [0.25, 0.3) is 0 Å². The van der Waals surface area contributed by atoms with Gasteiger partial charge in [0.15, 0.2) is 0 Å². The summed E-state index contributed by atoms with van der Waals surface area (Å²) >= 11 is 3.35. The largest absolute Gasteiger partial charge is 0.481 e. The second-order valence-corrected chi connectivity index (χ2v) is 4.99. The van der Waals surface area contributed by atoms with Crippen molar-refractivity contribution in [1.82, 2.24) is 0 Å². The number of rotatable bonds is 5. The van der Waals surface area contributed by atoms with Crippen LogP contribution in [0.1, 0.15) is 13.8 Å². The van der Waals surface area contributed by atoms with Gasteiger partial charge in [-0.05, 0) is 30.2 Å². The van der Waals surface area contributed by atoms with Crippen LogP contribution in [0.15, 0.2) is 28.7 Å². The number of carbonyl (C=O) groups is 1. The molecule has 0 fully saturated rings. The van der Waals surface area contributed by atoms with Gasteiger partial charge in [0, 0.05) is 16.7 Å². The Kier molecular flexibility index (Phi) is 4.80. The standard InChI is InChI=1S/C12H16BrNO2/c1-8(2)11(12(15)16)7-14-10-5-3-9(13)4-6-10/h3-6,8,11,14H,7H2,1-2H3,(H,15,16). The van der Waals surface area contributed by atoms with Crippen LogP contribution in [0.2, 0.25) is 0 Å². The average Bonchev–Trinajstić information content (AvgIpc) is 2.20. The fourth-order valence-corrected chi connectivity index (χ4v) is 1.67. The Balaban J connectivity index is 2.55. The molecule has 0 aromatic heterocycles. The first kappa shape index (κ1) is 13.0. The van der Waals surface area contributed by atoms with Crippen molar-refractivity contribution in [2.24, 2.45) is 11.8 Å². The molecule has 0 spiro atoms. The van der Waals surface area contributed by atoms with Crippen molar-refractivity contribution in [3.05, 3.63) is 28.7 Å². The van der Waals surface area contributed by atoms with E-state index in [0.29, 0.717) is 6.54 Å². The molecule has 0 bridgehead atoms. The fourth-order valence-electron chi connectivity index (χ4n) is 1.40. The molecule has 1 atom stereocenters. The van der Waals surface area contributed by atoms with E-state index < -0.39 is 5.97 Å². The zero-order valence-electron chi connectivity index (χ0n) is 9.40. The fraction of sp³-hybridized carbons (Fsp3) is 0.417. The summed E-state index contributed by atoms with van der Waals surface area (Å²) in [4.78, 5) is 11.0. The molecule has 3 nitrogen and oxygen atoms in total. The lowest BCUT2D eigenvalue weighted by molar-refractivity contribution is -0.142. The molecule has 16 heavy (non-hydrogen) atoms. The number of anilines is 1. The molecule has 0 aliphatic heterocycles. The maximum absolute atomic E-state index is 11.0. The molecule has 1 aromatic rings. The quantitative estimate of drug-likeness (QED) is 0.873. The van der Waals surface area contributed by atoms with Gasteiger partial charge in [0.2, 0.25) is 0 Å². The van der Waals surface area contributed by atoms with E-state index >= 15 is 0 Å². The molecule has 88 valence electrons. The van der Waals surface area contributed by atoms with Crippen molar-refractivity contribution in [3.8, 4) is 0 Å². The first-order valence-electron chi connectivity index (χ1n) is 5.23. The van der Waals surface area contributed by atoms with Gasteiger partial charge in [-0.15, -0.1) is 0 Å². The zero-order valence-corrected chi connectivity index (χ0v) is 11.0. The maximum Gasteiger partial charge on any atom is 0.308 e. The van der Waals surface area contributed by atoms with E-state index in [-0.39, 0.29) is 11.8 Å². The molecule has 0 amide bonds. The lowest BCUT2D eigenvalue weighted by atomic mass is 9.96.